The van der Waals surface area contributed by atoms with Gasteiger partial charge in [0, 0.05) is 6.92 Å². The molecule has 1 aliphatic heterocycles. The van der Waals surface area contributed by atoms with Crippen molar-refractivity contribution in [3.63, 3.8) is 0 Å². The van der Waals surface area contributed by atoms with E-state index in [0.29, 0.717) is 11.3 Å². The maximum absolute atomic E-state index is 12.7. The molecule has 9 heteroatoms. The molecule has 3 rings (SSSR count). The lowest BCUT2D eigenvalue weighted by Crippen LogP contribution is -2.32. The largest absolute Gasteiger partial charge is 0.493 e. The zero-order valence-corrected chi connectivity index (χ0v) is 18.1. The van der Waals surface area contributed by atoms with E-state index in [1.165, 1.54) is 21.1 Å². The zero-order chi connectivity index (χ0) is 22.4. The first-order valence-electron chi connectivity index (χ1n) is 9.30. The monoisotopic (exact) mass is 443 g/mol. The van der Waals surface area contributed by atoms with E-state index >= 15 is 0 Å². The lowest BCUT2D eigenvalue weighted by Gasteiger charge is -2.14. The van der Waals surface area contributed by atoms with E-state index in [4.69, 9.17) is 18.9 Å². The molecular formula is C22H21NO7S. The van der Waals surface area contributed by atoms with E-state index in [-0.39, 0.29) is 40.5 Å². The number of carbonyl (C=O) groups is 3. The van der Waals surface area contributed by atoms with Crippen LogP contribution in [-0.4, -0.2) is 49.4 Å². The fraction of sp³-hybridized carbons (Fsp3) is 0.227. The van der Waals surface area contributed by atoms with Crippen molar-refractivity contribution < 1.29 is 33.3 Å². The summed E-state index contributed by atoms with van der Waals surface area (Å²) in [7, 11) is 2.85. The van der Waals surface area contributed by atoms with E-state index < -0.39 is 11.9 Å². The smallest absolute Gasteiger partial charge is 0.308 e. The second kappa shape index (κ2) is 10.0. The normalized spacial score (nSPS) is 14.7. The molecule has 0 aliphatic carbocycles. The number of imide groups is 1. The molecular weight excluding hydrogens is 422 g/mol. The highest BCUT2D eigenvalue weighted by Gasteiger charge is 2.35. The van der Waals surface area contributed by atoms with Gasteiger partial charge in [0.2, 0.25) is 5.75 Å². The molecule has 8 nitrogen and oxygen atoms in total. The van der Waals surface area contributed by atoms with Crippen LogP contribution in [0.2, 0.25) is 0 Å². The van der Waals surface area contributed by atoms with E-state index in [2.05, 4.69) is 0 Å². The predicted octanol–water partition coefficient (Wildman–Crippen LogP) is 3.74. The molecule has 0 radical (unpaired) electrons. The molecule has 0 aromatic heterocycles. The lowest BCUT2D eigenvalue weighted by atomic mass is 10.1. The summed E-state index contributed by atoms with van der Waals surface area (Å²) in [6, 6.07) is 12.3. The topological polar surface area (TPSA) is 91.4 Å². The van der Waals surface area contributed by atoms with Gasteiger partial charge in [-0.3, -0.25) is 19.3 Å². The van der Waals surface area contributed by atoms with Gasteiger partial charge in [-0.25, -0.2) is 0 Å². The molecule has 1 aliphatic rings. The van der Waals surface area contributed by atoms with Gasteiger partial charge >= 0.3 is 5.97 Å². The third-order valence-electron chi connectivity index (χ3n) is 4.23. The predicted molar refractivity (Wildman–Crippen MR) is 115 cm³/mol. The Morgan fingerprint density at radius 2 is 1.71 bits per heavy atom. The third kappa shape index (κ3) is 5.37. The Morgan fingerprint density at radius 1 is 1.06 bits per heavy atom. The molecule has 0 N–H and O–H groups in total. The number of nitrogens with zero attached hydrogens (tertiary/aromatic N) is 1. The zero-order valence-electron chi connectivity index (χ0n) is 17.2. The Labute approximate surface area is 183 Å². The summed E-state index contributed by atoms with van der Waals surface area (Å²) in [6.07, 6.45) is 1.56. The lowest BCUT2D eigenvalue weighted by molar-refractivity contribution is -0.132. The molecule has 162 valence electrons. The number of hydrogen-bond donors (Lipinski definition) is 0. The van der Waals surface area contributed by atoms with Crippen LogP contribution in [0, 0.1) is 0 Å². The Morgan fingerprint density at radius 3 is 2.29 bits per heavy atom. The molecule has 2 amide bonds. The first-order valence-corrected chi connectivity index (χ1v) is 10.1. The number of benzene rings is 2. The van der Waals surface area contributed by atoms with E-state index in [0.717, 1.165) is 16.7 Å². The number of thioether (sulfide) groups is 1. The standard InChI is InChI=1S/C22H21NO7S/c1-14(24)30-20-17(27-2)11-15(12-18(20)28-3)13-19-21(25)23(22(26)31-19)9-10-29-16-7-5-4-6-8-16/h4-8,11-13H,9-10H2,1-3H3/b19-13-. The van der Waals surface area contributed by atoms with Crippen molar-refractivity contribution in [3.8, 4) is 23.0 Å². The van der Waals surface area contributed by atoms with Crippen molar-refractivity contribution in [2.24, 2.45) is 0 Å². The van der Waals surface area contributed by atoms with Crippen LogP contribution in [0.25, 0.3) is 6.08 Å². The Kier molecular flexibility index (Phi) is 7.19. The minimum atomic E-state index is -0.525. The SMILES string of the molecule is COc1cc(/C=C2\SC(=O)N(CCOc3ccccc3)C2=O)cc(OC)c1OC(C)=O. The van der Waals surface area contributed by atoms with Gasteiger partial charge in [-0.1, -0.05) is 18.2 Å². The van der Waals surface area contributed by atoms with E-state index in [9.17, 15) is 14.4 Å². The van der Waals surface area contributed by atoms with E-state index in [1.54, 1.807) is 30.3 Å². The third-order valence-corrected chi connectivity index (χ3v) is 5.13. The summed E-state index contributed by atoms with van der Waals surface area (Å²) < 4.78 is 21.3. The summed E-state index contributed by atoms with van der Waals surface area (Å²) >= 11 is 0.841. The molecule has 0 atom stereocenters. The van der Waals surface area contributed by atoms with Crippen LogP contribution < -0.4 is 18.9 Å². The minimum absolute atomic E-state index is 0.134. The summed E-state index contributed by atoms with van der Waals surface area (Å²) in [4.78, 5) is 37.8. The van der Waals surface area contributed by atoms with Crippen molar-refractivity contribution in [1.29, 1.82) is 0 Å². The second-order valence-corrected chi connectivity index (χ2v) is 7.34. The quantitative estimate of drug-likeness (QED) is 0.346. The minimum Gasteiger partial charge on any atom is -0.493 e. The van der Waals surface area contributed by atoms with Gasteiger partial charge in [-0.05, 0) is 47.7 Å². The van der Waals surface area contributed by atoms with Crippen LogP contribution in [0.5, 0.6) is 23.0 Å². The second-order valence-electron chi connectivity index (χ2n) is 6.34. The average Bonchev–Trinajstić information content (AvgIpc) is 3.02. The first-order chi connectivity index (χ1) is 14.9. The highest BCUT2D eigenvalue weighted by Crippen LogP contribution is 2.40. The molecule has 1 saturated heterocycles. The molecule has 0 bridgehead atoms. The Bertz CT molecular complexity index is 995. The summed E-state index contributed by atoms with van der Waals surface area (Å²) in [5.74, 6) is 0.391. The first kappa shape index (κ1) is 22.2. The Balaban J connectivity index is 1.76. The van der Waals surface area contributed by atoms with Crippen molar-refractivity contribution in [2.45, 2.75) is 6.92 Å². The fourth-order valence-corrected chi connectivity index (χ4v) is 3.71. The van der Waals surface area contributed by atoms with Gasteiger partial charge in [0.1, 0.15) is 12.4 Å². The Hall–Kier alpha value is -3.46. The van der Waals surface area contributed by atoms with Gasteiger partial charge in [0.25, 0.3) is 11.1 Å². The van der Waals surface area contributed by atoms with Crippen LogP contribution in [0.1, 0.15) is 12.5 Å². The van der Waals surface area contributed by atoms with Crippen LogP contribution in [0.3, 0.4) is 0 Å². The van der Waals surface area contributed by atoms with Gasteiger partial charge in [0.05, 0.1) is 25.7 Å². The summed E-state index contributed by atoms with van der Waals surface area (Å²) in [6.45, 7) is 1.59. The number of esters is 1. The number of methoxy groups -OCH3 is 2. The van der Waals surface area contributed by atoms with Gasteiger partial charge in [-0.2, -0.15) is 0 Å². The van der Waals surface area contributed by atoms with Crippen molar-refractivity contribution in [1.82, 2.24) is 4.90 Å². The molecule has 2 aromatic rings. The van der Waals surface area contributed by atoms with Gasteiger partial charge < -0.3 is 18.9 Å². The fourth-order valence-electron chi connectivity index (χ4n) is 2.84. The summed E-state index contributed by atoms with van der Waals surface area (Å²) in [5.41, 5.74) is 0.552. The number of ether oxygens (including phenoxy) is 4. The van der Waals surface area contributed by atoms with Crippen LogP contribution in [0.15, 0.2) is 47.4 Å². The highest BCUT2D eigenvalue weighted by molar-refractivity contribution is 8.18. The van der Waals surface area contributed by atoms with Crippen molar-refractivity contribution in [3.05, 3.63) is 52.9 Å². The van der Waals surface area contributed by atoms with Crippen LogP contribution in [0.4, 0.5) is 4.79 Å². The van der Waals surface area contributed by atoms with E-state index in [1.807, 2.05) is 18.2 Å². The van der Waals surface area contributed by atoms with Crippen LogP contribution in [-0.2, 0) is 9.59 Å². The maximum atomic E-state index is 12.7. The van der Waals surface area contributed by atoms with Crippen molar-refractivity contribution >= 4 is 35.0 Å². The summed E-state index contributed by atoms with van der Waals surface area (Å²) in [5, 5.41) is -0.372. The van der Waals surface area contributed by atoms with Crippen LogP contribution >= 0.6 is 11.8 Å². The molecule has 31 heavy (non-hydrogen) atoms. The van der Waals surface area contributed by atoms with Gasteiger partial charge in [0.15, 0.2) is 11.5 Å². The number of hydrogen-bond acceptors (Lipinski definition) is 8. The van der Waals surface area contributed by atoms with Crippen molar-refractivity contribution in [2.75, 3.05) is 27.4 Å². The average molecular weight is 443 g/mol. The number of amides is 2. The molecule has 0 spiro atoms. The van der Waals surface area contributed by atoms with Gasteiger partial charge in [-0.15, -0.1) is 0 Å². The highest BCUT2D eigenvalue weighted by atomic mass is 32.2. The molecule has 1 fully saturated rings. The molecule has 0 saturated carbocycles. The molecule has 0 unspecified atom stereocenters. The molecule has 2 aromatic carbocycles. The number of para-hydroxylation sites is 1. The maximum Gasteiger partial charge on any atom is 0.308 e. The number of carbonyl (C=O) groups excluding carboxylic acids is 3. The molecule has 1 heterocycles. The number of rotatable bonds is 8.